The van der Waals surface area contributed by atoms with Gasteiger partial charge in [-0.2, -0.15) is 0 Å². The molecule has 0 fully saturated rings. The van der Waals surface area contributed by atoms with Crippen LogP contribution in [0.25, 0.3) is 0 Å². The summed E-state index contributed by atoms with van der Waals surface area (Å²) in [5.41, 5.74) is 1.69. The Kier molecular flexibility index (Phi) is 11.9. The molecule has 158 valence electrons. The second-order valence-corrected chi connectivity index (χ2v) is 6.33. The normalized spacial score (nSPS) is 11.9. The van der Waals surface area contributed by atoms with E-state index in [1.807, 2.05) is 30.3 Å². The average molecular weight is 514 g/mol. The third kappa shape index (κ3) is 9.23. The quantitative estimate of drug-likeness (QED) is 0.179. The minimum Gasteiger partial charge on any atom is -0.396 e. The van der Waals surface area contributed by atoms with Gasteiger partial charge < -0.3 is 21.1 Å². The summed E-state index contributed by atoms with van der Waals surface area (Å²) in [6.07, 6.45) is 0.139. The van der Waals surface area contributed by atoms with Crippen LogP contribution in [0.5, 0.6) is 0 Å². The number of nitrogens with one attached hydrogen (secondary N) is 3. The zero-order chi connectivity index (χ0) is 20.2. The van der Waals surface area contributed by atoms with Crippen LogP contribution in [-0.2, 0) is 11.2 Å². The molecule has 0 bridgehead atoms. The average Bonchev–Trinajstić information content (AvgIpc) is 2.70. The number of hydrogen-bond donors (Lipinski definition) is 4. The summed E-state index contributed by atoms with van der Waals surface area (Å²) >= 11 is 0. The molecule has 1 atom stereocenters. The summed E-state index contributed by atoms with van der Waals surface area (Å²) in [4.78, 5) is 16.1. The minimum absolute atomic E-state index is 0. The summed E-state index contributed by atoms with van der Waals surface area (Å²) in [5, 5.41) is 18.7. The zero-order valence-electron chi connectivity index (χ0n) is 16.4. The zero-order valence-corrected chi connectivity index (χ0v) is 18.7. The van der Waals surface area contributed by atoms with Crippen molar-refractivity contribution in [1.29, 1.82) is 0 Å². The second kappa shape index (κ2) is 13.9. The monoisotopic (exact) mass is 514 g/mol. The van der Waals surface area contributed by atoms with E-state index in [1.165, 1.54) is 12.1 Å². The van der Waals surface area contributed by atoms with Crippen molar-refractivity contribution in [2.75, 3.05) is 33.3 Å². The molecule has 1 unspecified atom stereocenters. The van der Waals surface area contributed by atoms with Crippen LogP contribution in [0, 0.1) is 5.82 Å². The van der Waals surface area contributed by atoms with Crippen LogP contribution < -0.4 is 16.0 Å². The second-order valence-electron chi connectivity index (χ2n) is 6.33. The lowest BCUT2D eigenvalue weighted by Gasteiger charge is -2.18. The summed E-state index contributed by atoms with van der Waals surface area (Å²) in [6.45, 7) is 1.47. The SMILES string of the molecule is CN=C(NCCNC(=O)Cc1cccc(F)c1)NCC(CO)c1ccccc1.I. The number of aliphatic hydroxyl groups is 1. The summed E-state index contributed by atoms with van der Waals surface area (Å²) < 4.78 is 13.1. The van der Waals surface area contributed by atoms with E-state index in [1.54, 1.807) is 19.2 Å². The number of benzene rings is 2. The fraction of sp³-hybridized carbons (Fsp3) is 0.333. The molecule has 0 saturated heterocycles. The van der Waals surface area contributed by atoms with Crippen molar-refractivity contribution in [3.8, 4) is 0 Å². The number of guanidine groups is 1. The van der Waals surface area contributed by atoms with Gasteiger partial charge in [-0.25, -0.2) is 4.39 Å². The molecule has 0 aliphatic carbocycles. The first-order valence-corrected chi connectivity index (χ1v) is 9.24. The molecule has 2 aromatic rings. The van der Waals surface area contributed by atoms with E-state index in [0.29, 0.717) is 31.2 Å². The Balaban J connectivity index is 0.00000420. The maximum Gasteiger partial charge on any atom is 0.224 e. The van der Waals surface area contributed by atoms with Gasteiger partial charge in [-0.1, -0.05) is 42.5 Å². The molecule has 2 aromatic carbocycles. The van der Waals surface area contributed by atoms with Crippen LogP contribution in [0.4, 0.5) is 4.39 Å². The van der Waals surface area contributed by atoms with Crippen LogP contribution in [-0.4, -0.2) is 50.3 Å². The molecule has 1 amide bonds. The van der Waals surface area contributed by atoms with Gasteiger partial charge in [0.25, 0.3) is 0 Å². The Bertz CT molecular complexity index is 774. The predicted molar refractivity (Wildman–Crippen MR) is 124 cm³/mol. The minimum atomic E-state index is -0.349. The van der Waals surface area contributed by atoms with E-state index in [2.05, 4.69) is 20.9 Å². The van der Waals surface area contributed by atoms with E-state index in [9.17, 15) is 14.3 Å². The van der Waals surface area contributed by atoms with Crippen molar-refractivity contribution in [1.82, 2.24) is 16.0 Å². The van der Waals surface area contributed by atoms with Gasteiger partial charge in [-0.15, -0.1) is 24.0 Å². The van der Waals surface area contributed by atoms with Crippen LogP contribution in [0.15, 0.2) is 59.6 Å². The maximum absolute atomic E-state index is 13.1. The number of amides is 1. The van der Waals surface area contributed by atoms with Crippen LogP contribution in [0.2, 0.25) is 0 Å². The number of carbonyl (C=O) groups excluding carboxylic acids is 1. The fourth-order valence-corrected chi connectivity index (χ4v) is 2.73. The summed E-state index contributed by atoms with van der Waals surface area (Å²) in [7, 11) is 1.66. The van der Waals surface area contributed by atoms with Crippen molar-refractivity contribution in [3.63, 3.8) is 0 Å². The van der Waals surface area contributed by atoms with E-state index in [4.69, 9.17) is 0 Å². The highest BCUT2D eigenvalue weighted by molar-refractivity contribution is 14.0. The van der Waals surface area contributed by atoms with Gasteiger partial charge in [-0.3, -0.25) is 9.79 Å². The van der Waals surface area contributed by atoms with Crippen LogP contribution in [0.3, 0.4) is 0 Å². The molecule has 0 aliphatic rings. The van der Waals surface area contributed by atoms with Crippen molar-refractivity contribution in [2.24, 2.45) is 4.99 Å². The van der Waals surface area contributed by atoms with Crippen LogP contribution >= 0.6 is 24.0 Å². The Hall–Kier alpha value is -2.20. The standard InChI is InChI=1S/C21H27FN4O2.HI/c1-23-21(26-14-18(15-27)17-7-3-2-4-8-17)25-11-10-24-20(28)13-16-6-5-9-19(22)12-16;/h2-9,12,18,27H,10-11,13-15H2,1H3,(H,24,28)(H2,23,25,26);1H. The number of hydrogen-bond acceptors (Lipinski definition) is 3. The van der Waals surface area contributed by atoms with Gasteiger partial charge in [0.2, 0.25) is 5.91 Å². The summed E-state index contributed by atoms with van der Waals surface area (Å²) in [6, 6.07) is 15.8. The molecule has 0 aromatic heterocycles. The number of rotatable bonds is 9. The lowest BCUT2D eigenvalue weighted by molar-refractivity contribution is -0.120. The lowest BCUT2D eigenvalue weighted by atomic mass is 10.0. The number of halogens is 2. The Morgan fingerprint density at radius 1 is 1.07 bits per heavy atom. The van der Waals surface area contributed by atoms with Gasteiger partial charge in [0.15, 0.2) is 5.96 Å². The van der Waals surface area contributed by atoms with E-state index < -0.39 is 0 Å². The molecule has 0 saturated carbocycles. The maximum atomic E-state index is 13.1. The van der Waals surface area contributed by atoms with Gasteiger partial charge in [-0.05, 0) is 23.3 Å². The number of nitrogens with zero attached hydrogens (tertiary/aromatic N) is 1. The van der Waals surface area contributed by atoms with Gasteiger partial charge in [0.05, 0.1) is 13.0 Å². The number of carbonyl (C=O) groups is 1. The molecule has 0 heterocycles. The van der Waals surface area contributed by atoms with Crippen molar-refractivity contribution in [3.05, 3.63) is 71.5 Å². The highest BCUT2D eigenvalue weighted by Gasteiger charge is 2.10. The van der Waals surface area contributed by atoms with Crippen molar-refractivity contribution in [2.45, 2.75) is 12.3 Å². The molecule has 0 spiro atoms. The Morgan fingerprint density at radius 2 is 1.79 bits per heavy atom. The van der Waals surface area contributed by atoms with Crippen molar-refractivity contribution < 1.29 is 14.3 Å². The first-order chi connectivity index (χ1) is 13.6. The number of aliphatic hydroxyl groups excluding tert-OH is 1. The number of aliphatic imine (C=N–C) groups is 1. The lowest BCUT2D eigenvalue weighted by Crippen LogP contribution is -2.43. The molecule has 0 aliphatic heterocycles. The van der Waals surface area contributed by atoms with Gasteiger partial charge >= 0.3 is 0 Å². The van der Waals surface area contributed by atoms with E-state index in [0.717, 1.165) is 5.56 Å². The van der Waals surface area contributed by atoms with E-state index in [-0.39, 0.29) is 54.6 Å². The van der Waals surface area contributed by atoms with Gasteiger partial charge in [0, 0.05) is 32.6 Å². The van der Waals surface area contributed by atoms with Crippen LogP contribution in [0.1, 0.15) is 17.0 Å². The van der Waals surface area contributed by atoms with E-state index >= 15 is 0 Å². The first kappa shape index (κ1) is 24.8. The van der Waals surface area contributed by atoms with Crippen molar-refractivity contribution >= 4 is 35.8 Å². The summed E-state index contributed by atoms with van der Waals surface area (Å²) in [5.74, 6) is 0.0396. The highest BCUT2D eigenvalue weighted by atomic mass is 127. The smallest absolute Gasteiger partial charge is 0.224 e. The molecule has 2 rings (SSSR count). The van der Waals surface area contributed by atoms with Gasteiger partial charge in [0.1, 0.15) is 5.82 Å². The molecule has 6 nitrogen and oxygen atoms in total. The highest BCUT2D eigenvalue weighted by Crippen LogP contribution is 2.13. The Labute approximate surface area is 188 Å². The third-order valence-electron chi connectivity index (χ3n) is 4.22. The molecular weight excluding hydrogens is 486 g/mol. The fourth-order valence-electron chi connectivity index (χ4n) is 2.73. The molecule has 4 N–H and O–H groups in total. The molecular formula is C21H28FIN4O2. The molecule has 29 heavy (non-hydrogen) atoms. The molecule has 0 radical (unpaired) electrons. The first-order valence-electron chi connectivity index (χ1n) is 9.24. The largest absolute Gasteiger partial charge is 0.396 e. The predicted octanol–water partition coefficient (Wildman–Crippen LogP) is 2.04. The third-order valence-corrected chi connectivity index (χ3v) is 4.22. The Morgan fingerprint density at radius 3 is 2.45 bits per heavy atom. The molecule has 8 heteroatoms. The topological polar surface area (TPSA) is 85.8 Å².